The summed E-state index contributed by atoms with van der Waals surface area (Å²) in [5, 5.41) is 1.12. The van der Waals surface area contributed by atoms with Crippen molar-refractivity contribution in [3.8, 4) is 0 Å². The topological polar surface area (TPSA) is 51.8 Å². The zero-order valence-electron chi connectivity index (χ0n) is 10.6. The highest BCUT2D eigenvalue weighted by Gasteiger charge is 2.30. The molecule has 7 heteroatoms. The van der Waals surface area contributed by atoms with Crippen molar-refractivity contribution in [1.29, 1.82) is 0 Å². The molecule has 0 aliphatic rings. The third-order valence-electron chi connectivity index (χ3n) is 2.56. The summed E-state index contributed by atoms with van der Waals surface area (Å²) < 4.78 is 37.3. The predicted octanol–water partition coefficient (Wildman–Crippen LogP) is 3.41. The number of nitrogens with zero attached hydrogens (tertiary/aromatic N) is 2. The van der Waals surface area contributed by atoms with Gasteiger partial charge in [0, 0.05) is 18.4 Å². The SMILES string of the molecule is Cc1ccc(CN)c(Sc2ccc(C(F)(F)F)cn2)n1. The number of hydrogen-bond donors (Lipinski definition) is 1. The zero-order chi connectivity index (χ0) is 14.8. The highest BCUT2D eigenvalue weighted by atomic mass is 32.2. The van der Waals surface area contributed by atoms with E-state index in [1.165, 1.54) is 17.8 Å². The molecule has 0 amide bonds. The van der Waals surface area contributed by atoms with Gasteiger partial charge >= 0.3 is 6.18 Å². The molecule has 2 heterocycles. The molecule has 0 saturated heterocycles. The summed E-state index contributed by atoms with van der Waals surface area (Å²) in [4.78, 5) is 8.14. The molecule has 2 N–H and O–H groups in total. The Balaban J connectivity index is 2.24. The largest absolute Gasteiger partial charge is 0.417 e. The van der Waals surface area contributed by atoms with Gasteiger partial charge in [-0.05, 0) is 42.4 Å². The van der Waals surface area contributed by atoms with E-state index in [1.54, 1.807) is 0 Å². The van der Waals surface area contributed by atoms with Crippen molar-refractivity contribution in [3.63, 3.8) is 0 Å². The normalized spacial score (nSPS) is 11.7. The lowest BCUT2D eigenvalue weighted by atomic mass is 10.2. The first kappa shape index (κ1) is 14.8. The van der Waals surface area contributed by atoms with Crippen molar-refractivity contribution in [2.24, 2.45) is 5.73 Å². The molecule has 0 radical (unpaired) electrons. The third kappa shape index (κ3) is 3.49. The van der Waals surface area contributed by atoms with E-state index < -0.39 is 11.7 Å². The van der Waals surface area contributed by atoms with Crippen LogP contribution in [0.25, 0.3) is 0 Å². The Morgan fingerprint density at radius 1 is 1.20 bits per heavy atom. The highest BCUT2D eigenvalue weighted by molar-refractivity contribution is 7.99. The minimum atomic E-state index is -4.37. The molecule has 0 aliphatic carbocycles. The first-order valence-electron chi connectivity index (χ1n) is 5.78. The number of pyridine rings is 2. The highest BCUT2D eigenvalue weighted by Crippen LogP contribution is 2.32. The predicted molar refractivity (Wildman–Crippen MR) is 70.2 cm³/mol. The Labute approximate surface area is 118 Å². The van der Waals surface area contributed by atoms with Gasteiger partial charge < -0.3 is 5.73 Å². The number of halogens is 3. The number of hydrogen-bond acceptors (Lipinski definition) is 4. The van der Waals surface area contributed by atoms with Gasteiger partial charge in [0.2, 0.25) is 0 Å². The van der Waals surface area contributed by atoms with Crippen LogP contribution in [0, 0.1) is 6.92 Å². The van der Waals surface area contributed by atoms with Crippen LogP contribution in [0.4, 0.5) is 13.2 Å². The molecule has 0 fully saturated rings. The van der Waals surface area contributed by atoms with Crippen LogP contribution in [0.3, 0.4) is 0 Å². The Kier molecular flexibility index (Phi) is 4.29. The van der Waals surface area contributed by atoms with Crippen molar-refractivity contribution in [1.82, 2.24) is 9.97 Å². The van der Waals surface area contributed by atoms with Crippen molar-refractivity contribution in [2.75, 3.05) is 0 Å². The lowest BCUT2D eigenvalue weighted by Gasteiger charge is -2.08. The van der Waals surface area contributed by atoms with Crippen LogP contribution in [0.5, 0.6) is 0 Å². The zero-order valence-corrected chi connectivity index (χ0v) is 11.4. The maximum atomic E-state index is 12.4. The molecule has 0 atom stereocenters. The standard InChI is InChI=1S/C13H12F3N3S/c1-8-2-3-9(6-17)12(19-8)20-11-5-4-10(7-18-11)13(14,15)16/h2-5,7H,6,17H2,1H3. The fourth-order valence-corrected chi connectivity index (χ4v) is 2.42. The summed E-state index contributed by atoms with van der Waals surface area (Å²) in [6.45, 7) is 2.15. The third-order valence-corrected chi connectivity index (χ3v) is 3.56. The molecular weight excluding hydrogens is 287 g/mol. The number of aromatic nitrogens is 2. The monoisotopic (exact) mass is 299 g/mol. The van der Waals surface area contributed by atoms with Gasteiger partial charge in [-0.3, -0.25) is 0 Å². The van der Waals surface area contributed by atoms with Gasteiger partial charge in [0.15, 0.2) is 0 Å². The number of alkyl halides is 3. The molecule has 106 valence electrons. The summed E-state index contributed by atoms with van der Waals surface area (Å²) in [7, 11) is 0. The number of rotatable bonds is 3. The summed E-state index contributed by atoms with van der Waals surface area (Å²) in [6.07, 6.45) is -3.56. The van der Waals surface area contributed by atoms with Crippen LogP contribution in [0.15, 0.2) is 40.5 Å². The summed E-state index contributed by atoms with van der Waals surface area (Å²) >= 11 is 1.20. The van der Waals surface area contributed by atoms with Crippen LogP contribution in [-0.2, 0) is 12.7 Å². The fraction of sp³-hybridized carbons (Fsp3) is 0.231. The fourth-order valence-electron chi connectivity index (χ4n) is 1.51. The molecule has 0 aliphatic heterocycles. The van der Waals surface area contributed by atoms with Gasteiger partial charge in [0.1, 0.15) is 10.1 Å². The van der Waals surface area contributed by atoms with E-state index in [4.69, 9.17) is 5.73 Å². The number of nitrogens with two attached hydrogens (primary N) is 1. The van der Waals surface area contributed by atoms with Gasteiger partial charge in [0.05, 0.1) is 5.56 Å². The summed E-state index contributed by atoms with van der Waals surface area (Å²) in [5.41, 5.74) is 6.50. The van der Waals surface area contributed by atoms with Gasteiger partial charge in [-0.25, -0.2) is 9.97 Å². The summed E-state index contributed by atoms with van der Waals surface area (Å²) in [6, 6.07) is 6.03. The van der Waals surface area contributed by atoms with E-state index in [1.807, 2.05) is 19.1 Å². The second-order valence-corrected chi connectivity index (χ2v) is 5.12. The first-order valence-corrected chi connectivity index (χ1v) is 6.59. The molecule has 20 heavy (non-hydrogen) atoms. The number of aryl methyl sites for hydroxylation is 1. The average molecular weight is 299 g/mol. The van der Waals surface area contributed by atoms with Crippen LogP contribution < -0.4 is 5.73 Å². The molecular formula is C13H12F3N3S. The van der Waals surface area contributed by atoms with Gasteiger partial charge in [0.25, 0.3) is 0 Å². The van der Waals surface area contributed by atoms with E-state index in [0.29, 0.717) is 16.6 Å². The van der Waals surface area contributed by atoms with Gasteiger partial charge in [-0.2, -0.15) is 13.2 Å². The first-order chi connectivity index (χ1) is 9.40. The van der Waals surface area contributed by atoms with Crippen molar-refractivity contribution in [3.05, 3.63) is 47.3 Å². The van der Waals surface area contributed by atoms with E-state index >= 15 is 0 Å². The Morgan fingerprint density at radius 2 is 1.95 bits per heavy atom. The Morgan fingerprint density at radius 3 is 2.50 bits per heavy atom. The molecule has 0 bridgehead atoms. The second-order valence-electron chi connectivity index (χ2n) is 4.11. The van der Waals surface area contributed by atoms with E-state index in [9.17, 15) is 13.2 Å². The van der Waals surface area contributed by atoms with Crippen LogP contribution in [0.2, 0.25) is 0 Å². The maximum Gasteiger partial charge on any atom is 0.417 e. The molecule has 2 aromatic heterocycles. The van der Waals surface area contributed by atoms with E-state index in [-0.39, 0.29) is 0 Å². The minimum absolute atomic E-state index is 0.316. The Hall–Kier alpha value is -1.60. The van der Waals surface area contributed by atoms with Gasteiger partial charge in [-0.1, -0.05) is 6.07 Å². The van der Waals surface area contributed by atoms with E-state index in [2.05, 4.69) is 9.97 Å². The average Bonchev–Trinajstić information content (AvgIpc) is 2.38. The Bertz CT molecular complexity index is 597. The molecule has 0 spiro atoms. The summed E-state index contributed by atoms with van der Waals surface area (Å²) in [5.74, 6) is 0. The lowest BCUT2D eigenvalue weighted by molar-refractivity contribution is -0.137. The molecule has 2 aromatic rings. The quantitative estimate of drug-likeness (QED) is 0.943. The molecule has 3 nitrogen and oxygen atoms in total. The molecule has 0 saturated carbocycles. The van der Waals surface area contributed by atoms with Crippen LogP contribution in [-0.4, -0.2) is 9.97 Å². The smallest absolute Gasteiger partial charge is 0.326 e. The van der Waals surface area contributed by atoms with Crippen LogP contribution >= 0.6 is 11.8 Å². The molecule has 2 rings (SSSR count). The van der Waals surface area contributed by atoms with E-state index in [0.717, 1.165) is 23.5 Å². The second kappa shape index (κ2) is 5.80. The van der Waals surface area contributed by atoms with Crippen molar-refractivity contribution in [2.45, 2.75) is 29.7 Å². The maximum absolute atomic E-state index is 12.4. The molecule has 0 aromatic carbocycles. The van der Waals surface area contributed by atoms with Crippen LogP contribution in [0.1, 0.15) is 16.8 Å². The minimum Gasteiger partial charge on any atom is -0.326 e. The van der Waals surface area contributed by atoms with Gasteiger partial charge in [-0.15, -0.1) is 0 Å². The van der Waals surface area contributed by atoms with Crippen molar-refractivity contribution >= 4 is 11.8 Å². The molecule has 0 unspecified atom stereocenters. The lowest BCUT2D eigenvalue weighted by Crippen LogP contribution is -2.05. The van der Waals surface area contributed by atoms with Crippen molar-refractivity contribution < 1.29 is 13.2 Å².